The summed E-state index contributed by atoms with van der Waals surface area (Å²) in [7, 11) is 1.70. The highest BCUT2D eigenvalue weighted by molar-refractivity contribution is 6.06. The van der Waals surface area contributed by atoms with Crippen LogP contribution in [0.1, 0.15) is 98.1 Å². The molecule has 2 saturated heterocycles. The molecule has 0 unspecified atom stereocenters. The molecule has 2 amide bonds. The van der Waals surface area contributed by atoms with Gasteiger partial charge in [0, 0.05) is 112 Å². The number of aliphatic hydroxyl groups excluding tert-OH is 1. The monoisotopic (exact) mass is 843 g/mol. The smallest absolute Gasteiger partial charge is 0.293 e. The molecule has 9 rings (SSSR count). The molecule has 3 aliphatic heterocycles. The summed E-state index contributed by atoms with van der Waals surface area (Å²) in [5.74, 6) is 0.550. The molecule has 4 aromatic rings. The Labute approximate surface area is 364 Å². The van der Waals surface area contributed by atoms with E-state index in [0.717, 1.165) is 89.9 Å². The van der Waals surface area contributed by atoms with E-state index < -0.39 is 0 Å². The number of aryl methyl sites for hydroxylation is 1. The van der Waals surface area contributed by atoms with Gasteiger partial charge < -0.3 is 34.5 Å². The molecule has 2 aliphatic carbocycles. The number of benzene rings is 1. The van der Waals surface area contributed by atoms with E-state index in [0.29, 0.717) is 53.5 Å². The summed E-state index contributed by atoms with van der Waals surface area (Å²) in [6.45, 7) is 15.8. The number of amides is 2. The van der Waals surface area contributed by atoms with Gasteiger partial charge in [-0.3, -0.25) is 24.2 Å². The van der Waals surface area contributed by atoms with Crippen LogP contribution in [0, 0.1) is 5.41 Å². The number of ether oxygens (including phenoxy) is 1. The van der Waals surface area contributed by atoms with E-state index >= 15 is 0 Å². The number of piperazine rings is 1. The highest BCUT2D eigenvalue weighted by Crippen LogP contribution is 2.42. The van der Waals surface area contributed by atoms with Gasteiger partial charge in [-0.1, -0.05) is 20.4 Å². The molecule has 3 fully saturated rings. The quantitative estimate of drug-likeness (QED) is 0.170. The number of fused-ring (bicyclic) bond motifs is 3. The second-order valence-corrected chi connectivity index (χ2v) is 18.9. The van der Waals surface area contributed by atoms with E-state index in [1.54, 1.807) is 30.4 Å². The van der Waals surface area contributed by atoms with Gasteiger partial charge in [-0.2, -0.15) is 0 Å². The molecule has 3 aromatic heterocycles. The van der Waals surface area contributed by atoms with E-state index in [2.05, 4.69) is 69.5 Å². The molecule has 14 heteroatoms. The molecule has 62 heavy (non-hydrogen) atoms. The number of pyridine rings is 1. The van der Waals surface area contributed by atoms with E-state index in [1.807, 2.05) is 12.1 Å². The number of carbonyl (C=O) groups excluding carboxylic acids is 2. The fourth-order valence-corrected chi connectivity index (χ4v) is 10.9. The Bertz CT molecular complexity index is 2430. The maximum absolute atomic E-state index is 14.1. The Morgan fingerprint density at radius 3 is 2.55 bits per heavy atom. The molecule has 0 spiro atoms. The molecular weight excluding hydrogens is 783 g/mol. The fourth-order valence-electron chi connectivity index (χ4n) is 10.9. The lowest BCUT2D eigenvalue weighted by atomic mass is 9.80. The third-order valence-corrected chi connectivity index (χ3v) is 14.1. The van der Waals surface area contributed by atoms with E-state index in [4.69, 9.17) is 9.72 Å². The fraction of sp³-hybridized carbons (Fsp3) is 0.521. The maximum Gasteiger partial charge on any atom is 0.293 e. The lowest BCUT2D eigenvalue weighted by Gasteiger charge is -2.46. The van der Waals surface area contributed by atoms with Crippen molar-refractivity contribution in [3.63, 3.8) is 0 Å². The van der Waals surface area contributed by atoms with Gasteiger partial charge in [-0.05, 0) is 117 Å². The van der Waals surface area contributed by atoms with Gasteiger partial charge >= 0.3 is 0 Å². The highest BCUT2D eigenvalue weighted by atomic mass is 16.5. The third kappa shape index (κ3) is 8.08. The molecule has 3 N–H and O–H groups in total. The highest BCUT2D eigenvalue weighted by Gasteiger charge is 2.38. The van der Waals surface area contributed by atoms with Crippen LogP contribution in [0.2, 0.25) is 0 Å². The standard InChI is InChI=1S/C48H61N9O5/c1-6-43(59)50-33-9-7-31(8-10-33)37-24-34(11-12-40(37)55-18-17-54(27-30(55)2)35-14-21-62-22-15-35)51-44-47(61)53(5)28-39(52-44)36-13-16-49-45(38(36)29-58)57-20-19-56-41(46(57)60)23-32-25-48(3,4)26-42(32)56/h6,11-13,16,23-24,28,30-31,33,35,58H,1,7-10,14-15,17-22,25-27,29H2,2-5H3,(H,50,59)(H,51,52)/t30-,31?,33?/m0/s1. The first-order valence-corrected chi connectivity index (χ1v) is 22.5. The van der Waals surface area contributed by atoms with Crippen molar-refractivity contribution in [1.82, 2.24) is 29.3 Å². The molecule has 1 aromatic carbocycles. The van der Waals surface area contributed by atoms with E-state index in [9.17, 15) is 19.5 Å². The first-order chi connectivity index (χ1) is 29.9. The summed E-state index contributed by atoms with van der Waals surface area (Å²) in [5.41, 5.74) is 7.79. The van der Waals surface area contributed by atoms with Crippen LogP contribution < -0.4 is 26.0 Å². The van der Waals surface area contributed by atoms with Gasteiger partial charge in [0.05, 0.1) is 12.3 Å². The lowest BCUT2D eigenvalue weighted by molar-refractivity contribution is -0.117. The number of hydrogen-bond acceptors (Lipinski definition) is 10. The minimum Gasteiger partial charge on any atom is -0.392 e. The topological polar surface area (TPSA) is 150 Å². The Kier molecular flexibility index (Phi) is 11.6. The summed E-state index contributed by atoms with van der Waals surface area (Å²) in [6, 6.07) is 11.2. The van der Waals surface area contributed by atoms with Crippen LogP contribution in [0.3, 0.4) is 0 Å². The predicted octanol–water partition coefficient (Wildman–Crippen LogP) is 5.68. The first-order valence-electron chi connectivity index (χ1n) is 22.5. The number of nitrogens with one attached hydrogen (secondary N) is 2. The van der Waals surface area contributed by atoms with Gasteiger partial charge in [0.2, 0.25) is 5.91 Å². The minimum absolute atomic E-state index is 0.115. The van der Waals surface area contributed by atoms with Crippen molar-refractivity contribution in [1.29, 1.82) is 0 Å². The van der Waals surface area contributed by atoms with Gasteiger partial charge in [0.1, 0.15) is 11.5 Å². The summed E-state index contributed by atoms with van der Waals surface area (Å²) in [6.07, 6.45) is 12.3. The Balaban J connectivity index is 1.00. The molecule has 6 heterocycles. The van der Waals surface area contributed by atoms with Crippen molar-refractivity contribution in [3.8, 4) is 11.3 Å². The molecule has 14 nitrogen and oxygen atoms in total. The Morgan fingerprint density at radius 2 is 1.81 bits per heavy atom. The normalized spacial score (nSPS) is 22.9. The number of hydrogen-bond donors (Lipinski definition) is 3. The first kappa shape index (κ1) is 42.0. The SMILES string of the molecule is C=CC(=O)NC1CCC(c2cc(Nc3nc(-c4ccnc(N5CCn6c(cc7c6CC(C)(C)C7)C5=O)c4CO)cn(C)c3=O)ccc2N2CCN(C3CCOCC3)C[C@@H]2C)CC1. The Hall–Kier alpha value is -5.31. The van der Waals surface area contributed by atoms with Crippen LogP contribution >= 0.6 is 0 Å². The second kappa shape index (κ2) is 17.1. The van der Waals surface area contributed by atoms with E-state index in [-0.39, 0.29) is 47.2 Å². The summed E-state index contributed by atoms with van der Waals surface area (Å²) >= 11 is 0. The van der Waals surface area contributed by atoms with Gasteiger partial charge in [-0.25, -0.2) is 9.97 Å². The van der Waals surface area contributed by atoms with Gasteiger partial charge in [0.15, 0.2) is 5.82 Å². The zero-order valence-electron chi connectivity index (χ0n) is 36.7. The summed E-state index contributed by atoms with van der Waals surface area (Å²) < 4.78 is 9.33. The van der Waals surface area contributed by atoms with E-state index in [1.165, 1.54) is 33.2 Å². The summed E-state index contributed by atoms with van der Waals surface area (Å²) in [4.78, 5) is 56.4. The number of anilines is 4. The largest absolute Gasteiger partial charge is 0.392 e. The lowest BCUT2D eigenvalue weighted by Crippen LogP contribution is -2.56. The average molecular weight is 844 g/mol. The van der Waals surface area contributed by atoms with Crippen LogP contribution in [0.25, 0.3) is 11.3 Å². The Morgan fingerprint density at radius 1 is 1.02 bits per heavy atom. The number of nitrogens with zero attached hydrogens (tertiary/aromatic N) is 7. The van der Waals surface area contributed by atoms with Crippen molar-refractivity contribution in [2.24, 2.45) is 12.5 Å². The van der Waals surface area contributed by atoms with Crippen LogP contribution in [-0.4, -0.2) is 98.4 Å². The van der Waals surface area contributed by atoms with Crippen LogP contribution in [0.4, 0.5) is 23.0 Å². The number of rotatable bonds is 10. The molecule has 328 valence electrons. The third-order valence-electron chi connectivity index (χ3n) is 14.1. The van der Waals surface area contributed by atoms with Crippen molar-refractivity contribution >= 4 is 34.8 Å². The van der Waals surface area contributed by atoms with Gasteiger partial charge in [0.25, 0.3) is 11.5 Å². The van der Waals surface area contributed by atoms with Crippen molar-refractivity contribution < 1.29 is 19.4 Å². The molecule has 1 saturated carbocycles. The average Bonchev–Trinajstić information content (AvgIpc) is 3.77. The zero-order chi connectivity index (χ0) is 43.3. The molecule has 0 radical (unpaired) electrons. The van der Waals surface area contributed by atoms with Crippen LogP contribution in [0.5, 0.6) is 0 Å². The molecule has 0 bridgehead atoms. The van der Waals surface area contributed by atoms with Crippen molar-refractivity contribution in [2.45, 2.75) is 109 Å². The number of carbonyl (C=O) groups is 2. The second-order valence-electron chi connectivity index (χ2n) is 18.9. The molecule has 1 atom stereocenters. The maximum atomic E-state index is 14.1. The predicted molar refractivity (Wildman–Crippen MR) is 241 cm³/mol. The van der Waals surface area contributed by atoms with Gasteiger partial charge in [-0.15, -0.1) is 0 Å². The molecular formula is C48H61N9O5. The number of aromatic nitrogens is 4. The molecule has 5 aliphatic rings. The summed E-state index contributed by atoms with van der Waals surface area (Å²) in [5, 5.41) is 17.4. The number of aliphatic hydroxyl groups is 1. The minimum atomic E-state index is -0.368. The van der Waals surface area contributed by atoms with Crippen molar-refractivity contribution in [2.75, 3.05) is 54.5 Å². The van der Waals surface area contributed by atoms with Crippen molar-refractivity contribution in [3.05, 3.63) is 93.8 Å². The van der Waals surface area contributed by atoms with Crippen LogP contribution in [0.15, 0.2) is 60.2 Å². The zero-order valence-corrected chi connectivity index (χ0v) is 36.7. The van der Waals surface area contributed by atoms with Crippen LogP contribution in [-0.2, 0) is 42.6 Å².